The molecule has 0 radical (unpaired) electrons. The molecule has 0 aliphatic heterocycles. The molecule has 0 aliphatic rings. The van der Waals surface area contributed by atoms with Crippen molar-refractivity contribution < 1.29 is 0 Å². The zero-order valence-corrected chi connectivity index (χ0v) is 8.66. The molecule has 4 nitrogen and oxygen atoms in total. The Morgan fingerprint density at radius 3 is 2.93 bits per heavy atom. The third kappa shape index (κ3) is 3.31. The van der Waals surface area contributed by atoms with Crippen LogP contribution in [-0.2, 0) is 0 Å². The van der Waals surface area contributed by atoms with Gasteiger partial charge < -0.3 is 5.73 Å². The molecule has 1 aromatic carbocycles. The minimum absolute atomic E-state index is 0.141. The molecule has 2 N–H and O–H groups in total. The normalized spacial score (nSPS) is 8.27. The summed E-state index contributed by atoms with van der Waals surface area (Å²) in [5.41, 5.74) is 15.1. The quantitative estimate of drug-likeness (QED) is 0.270. The Morgan fingerprint density at radius 2 is 2.27 bits per heavy atom. The van der Waals surface area contributed by atoms with E-state index in [2.05, 4.69) is 21.9 Å². The minimum Gasteiger partial charge on any atom is -0.389 e. The number of nitrogens with zero attached hydrogens (tertiary/aromatic N) is 3. The fourth-order valence-electron chi connectivity index (χ4n) is 1.01. The van der Waals surface area contributed by atoms with Gasteiger partial charge in [-0.1, -0.05) is 47.4 Å². The monoisotopic (exact) mass is 216 g/mol. The van der Waals surface area contributed by atoms with Crippen LogP contribution in [0.4, 0.5) is 0 Å². The molecule has 74 valence electrons. The number of thiocarbonyl (C=S) groups is 1. The van der Waals surface area contributed by atoms with Crippen LogP contribution in [0.1, 0.15) is 11.1 Å². The predicted molar refractivity (Wildman–Crippen MR) is 63.2 cm³/mol. The average molecular weight is 216 g/mol. The molecule has 0 bridgehead atoms. The number of benzene rings is 1. The topological polar surface area (TPSA) is 74.8 Å². The van der Waals surface area contributed by atoms with Crippen LogP contribution < -0.4 is 5.73 Å². The highest BCUT2D eigenvalue weighted by molar-refractivity contribution is 7.80. The van der Waals surface area contributed by atoms with Gasteiger partial charge in [-0.05, 0) is 11.6 Å². The molecule has 1 aromatic rings. The summed E-state index contributed by atoms with van der Waals surface area (Å²) in [6.45, 7) is 0.141. The first-order valence-corrected chi connectivity index (χ1v) is 4.55. The van der Waals surface area contributed by atoms with Crippen molar-refractivity contribution in [1.29, 1.82) is 0 Å². The fourth-order valence-corrected chi connectivity index (χ4v) is 1.19. The summed E-state index contributed by atoms with van der Waals surface area (Å²) in [6.07, 6.45) is 0. The van der Waals surface area contributed by atoms with Gasteiger partial charge in [-0.3, -0.25) is 0 Å². The van der Waals surface area contributed by atoms with E-state index in [1.54, 1.807) is 6.07 Å². The molecule has 0 aliphatic carbocycles. The first-order valence-electron chi connectivity index (χ1n) is 4.14. The van der Waals surface area contributed by atoms with Crippen LogP contribution in [-0.4, -0.2) is 11.5 Å². The number of hydrogen-bond donors (Lipinski definition) is 1. The summed E-state index contributed by atoms with van der Waals surface area (Å²) < 4.78 is 0. The SMILES string of the molecule is [N-]=[N+]=NCC#Cc1ccccc1C(N)=S. The van der Waals surface area contributed by atoms with E-state index in [0.29, 0.717) is 4.99 Å². The lowest BCUT2D eigenvalue weighted by Gasteiger charge is -2.00. The molecule has 0 amide bonds. The Kier molecular flexibility index (Phi) is 4.17. The third-order valence-corrected chi connectivity index (χ3v) is 1.85. The molecule has 0 saturated carbocycles. The zero-order chi connectivity index (χ0) is 11.1. The van der Waals surface area contributed by atoms with Crippen LogP contribution in [0.5, 0.6) is 0 Å². The van der Waals surface area contributed by atoms with Gasteiger partial charge in [0, 0.05) is 16.0 Å². The summed E-state index contributed by atoms with van der Waals surface area (Å²) in [6, 6.07) is 7.31. The summed E-state index contributed by atoms with van der Waals surface area (Å²) >= 11 is 4.88. The van der Waals surface area contributed by atoms with E-state index in [0.717, 1.165) is 11.1 Å². The van der Waals surface area contributed by atoms with Gasteiger partial charge in [0.15, 0.2) is 0 Å². The Balaban J connectivity index is 2.96. The largest absolute Gasteiger partial charge is 0.389 e. The van der Waals surface area contributed by atoms with E-state index in [1.807, 2.05) is 18.2 Å². The lowest BCUT2D eigenvalue weighted by Crippen LogP contribution is -2.10. The molecule has 1 rings (SSSR count). The third-order valence-electron chi connectivity index (χ3n) is 1.63. The first-order chi connectivity index (χ1) is 7.25. The van der Waals surface area contributed by atoms with Gasteiger partial charge in [-0.15, -0.1) is 0 Å². The van der Waals surface area contributed by atoms with Crippen LogP contribution in [0, 0.1) is 11.8 Å². The van der Waals surface area contributed by atoms with E-state index in [1.165, 1.54) is 0 Å². The summed E-state index contributed by atoms with van der Waals surface area (Å²) in [4.78, 5) is 2.91. The van der Waals surface area contributed by atoms with Crippen molar-refractivity contribution in [3.63, 3.8) is 0 Å². The first kappa shape index (κ1) is 11.1. The van der Waals surface area contributed by atoms with E-state index in [-0.39, 0.29) is 6.54 Å². The molecule has 0 atom stereocenters. The molecule has 0 saturated heterocycles. The lowest BCUT2D eigenvalue weighted by molar-refractivity contribution is 1.25. The second-order valence-corrected chi connectivity index (χ2v) is 3.04. The van der Waals surface area contributed by atoms with Gasteiger partial charge in [0.1, 0.15) is 4.99 Å². The molecule has 5 heteroatoms. The Hall–Kier alpha value is -2.02. The molecule has 0 spiro atoms. The molecular weight excluding hydrogens is 208 g/mol. The van der Waals surface area contributed by atoms with Gasteiger partial charge >= 0.3 is 0 Å². The summed E-state index contributed by atoms with van der Waals surface area (Å²) in [5, 5.41) is 3.30. The number of hydrogen-bond acceptors (Lipinski definition) is 2. The van der Waals surface area contributed by atoms with E-state index in [4.69, 9.17) is 23.5 Å². The van der Waals surface area contributed by atoms with Gasteiger partial charge in [-0.25, -0.2) is 0 Å². The van der Waals surface area contributed by atoms with Crippen molar-refractivity contribution in [3.05, 3.63) is 45.8 Å². The highest BCUT2D eigenvalue weighted by Gasteiger charge is 1.99. The maximum atomic E-state index is 8.06. The Morgan fingerprint density at radius 1 is 1.53 bits per heavy atom. The van der Waals surface area contributed by atoms with Crippen molar-refractivity contribution in [1.82, 2.24) is 0 Å². The number of azide groups is 1. The molecule has 0 unspecified atom stereocenters. The van der Waals surface area contributed by atoms with Crippen LogP contribution in [0.15, 0.2) is 29.4 Å². The van der Waals surface area contributed by atoms with Crippen molar-refractivity contribution in [3.8, 4) is 11.8 Å². The van der Waals surface area contributed by atoms with E-state index < -0.39 is 0 Å². The fraction of sp³-hybridized carbons (Fsp3) is 0.100. The zero-order valence-electron chi connectivity index (χ0n) is 7.84. The van der Waals surface area contributed by atoms with Gasteiger partial charge in [-0.2, -0.15) is 0 Å². The van der Waals surface area contributed by atoms with Gasteiger partial charge in [0.05, 0.1) is 6.54 Å². The summed E-state index contributed by atoms with van der Waals surface area (Å²) in [5.74, 6) is 5.56. The van der Waals surface area contributed by atoms with E-state index in [9.17, 15) is 0 Å². The van der Waals surface area contributed by atoms with Crippen LogP contribution in [0.3, 0.4) is 0 Å². The van der Waals surface area contributed by atoms with Crippen molar-refractivity contribution >= 4 is 17.2 Å². The minimum atomic E-state index is 0.141. The standard InChI is InChI=1S/C10H8N4S/c11-10(15)9-6-2-1-4-8(9)5-3-7-13-14-12/h1-2,4,6H,7H2,(H2,11,15). The maximum absolute atomic E-state index is 8.06. The smallest absolute Gasteiger partial charge is 0.105 e. The van der Waals surface area contributed by atoms with Crippen molar-refractivity contribution in [2.45, 2.75) is 0 Å². The average Bonchev–Trinajstić information content (AvgIpc) is 2.25. The van der Waals surface area contributed by atoms with Crippen LogP contribution in [0.2, 0.25) is 0 Å². The molecule has 0 aromatic heterocycles. The second kappa shape index (κ2) is 5.66. The van der Waals surface area contributed by atoms with Gasteiger partial charge in [0.25, 0.3) is 0 Å². The Labute approximate surface area is 92.7 Å². The van der Waals surface area contributed by atoms with Crippen LogP contribution in [0.25, 0.3) is 10.4 Å². The van der Waals surface area contributed by atoms with Crippen LogP contribution >= 0.6 is 12.2 Å². The predicted octanol–water partition coefficient (Wildman–Crippen LogP) is 1.98. The molecule has 15 heavy (non-hydrogen) atoms. The lowest BCUT2D eigenvalue weighted by atomic mass is 10.1. The van der Waals surface area contributed by atoms with E-state index >= 15 is 0 Å². The Bertz CT molecular complexity index is 478. The molecule has 0 fully saturated rings. The van der Waals surface area contributed by atoms with Crippen molar-refractivity contribution in [2.24, 2.45) is 10.8 Å². The molecular formula is C10H8N4S. The molecule has 0 heterocycles. The number of nitrogens with two attached hydrogens (primary N) is 1. The maximum Gasteiger partial charge on any atom is 0.105 e. The van der Waals surface area contributed by atoms with Crippen molar-refractivity contribution in [2.75, 3.05) is 6.54 Å². The van der Waals surface area contributed by atoms with Gasteiger partial charge in [0.2, 0.25) is 0 Å². The highest BCUT2D eigenvalue weighted by Crippen LogP contribution is 2.06. The second-order valence-electron chi connectivity index (χ2n) is 2.60. The summed E-state index contributed by atoms with van der Waals surface area (Å²) in [7, 11) is 0. The number of rotatable bonds is 2. The highest BCUT2D eigenvalue weighted by atomic mass is 32.1.